The van der Waals surface area contributed by atoms with Gasteiger partial charge >= 0.3 is 19.8 Å². The molecule has 0 bridgehead atoms. The van der Waals surface area contributed by atoms with Crippen molar-refractivity contribution in [2.24, 2.45) is 5.73 Å². The SMILES string of the molecule is CCCCCCC/C=C\C/C=C\C/C=C\CCCCCCCCCCCCCCCCCCCCCCCCCCCCC(=O)OC(COC(=O)CCCCCCC/C=C\CCCCCCCCC)COP(=O)(O)OCCN. The number of nitrogens with two attached hydrogens (primary N) is 1. The number of carbonyl (C=O) groups is 2. The Bertz CT molecular complexity index is 1420. The standard InChI is InChI=1S/C68H128NO8P/c1-3-5-7-9-11-13-15-17-19-21-22-23-24-25-26-27-28-29-30-31-32-33-34-35-36-37-38-39-40-41-42-43-44-45-47-49-51-53-55-57-59-61-68(71)77-66(65-76-78(72,73)75-63-62-69)64-74-67(70)60-58-56-54-52-50-48-46-20-18-16-14-12-10-8-6-4-2/h15,17,20-22,24-25,46,66H,3-14,16,18-19,23,26-45,47-65,69H2,1-2H3,(H,72,73)/b17-15-,22-21-,25-24-,46-20-. The minimum atomic E-state index is -4.39. The van der Waals surface area contributed by atoms with Crippen LogP contribution in [-0.4, -0.2) is 49.3 Å². The van der Waals surface area contributed by atoms with Crippen molar-refractivity contribution in [1.29, 1.82) is 0 Å². The van der Waals surface area contributed by atoms with E-state index in [4.69, 9.17) is 24.3 Å². The van der Waals surface area contributed by atoms with Crippen LogP contribution >= 0.6 is 7.82 Å². The van der Waals surface area contributed by atoms with Crippen LogP contribution in [0, 0.1) is 0 Å². The first kappa shape index (κ1) is 76.0. The average molecular weight is 1120 g/mol. The molecule has 9 nitrogen and oxygen atoms in total. The first-order valence-electron chi connectivity index (χ1n) is 33.6. The molecular weight excluding hydrogens is 990 g/mol. The van der Waals surface area contributed by atoms with Crippen LogP contribution in [0.1, 0.15) is 341 Å². The van der Waals surface area contributed by atoms with Gasteiger partial charge in [0.2, 0.25) is 0 Å². The Hall–Kier alpha value is -2.03. The van der Waals surface area contributed by atoms with E-state index in [1.54, 1.807) is 0 Å². The van der Waals surface area contributed by atoms with Gasteiger partial charge in [-0.05, 0) is 77.0 Å². The second-order valence-corrected chi connectivity index (χ2v) is 24.1. The highest BCUT2D eigenvalue weighted by atomic mass is 31.2. The number of allylic oxidation sites excluding steroid dienone is 8. The van der Waals surface area contributed by atoms with Gasteiger partial charge in [0, 0.05) is 19.4 Å². The van der Waals surface area contributed by atoms with Crippen LogP contribution in [0.15, 0.2) is 48.6 Å². The van der Waals surface area contributed by atoms with Crippen molar-refractivity contribution in [1.82, 2.24) is 0 Å². The summed E-state index contributed by atoms with van der Waals surface area (Å²) in [6.45, 7) is 3.76. The predicted octanol–water partition coefficient (Wildman–Crippen LogP) is 21.7. The molecule has 0 fully saturated rings. The van der Waals surface area contributed by atoms with E-state index in [2.05, 4.69) is 62.5 Å². The van der Waals surface area contributed by atoms with Crippen LogP contribution in [-0.2, 0) is 32.7 Å². The molecule has 0 aromatic rings. The van der Waals surface area contributed by atoms with Crippen molar-refractivity contribution in [2.45, 2.75) is 347 Å². The van der Waals surface area contributed by atoms with Gasteiger partial charge < -0.3 is 20.1 Å². The van der Waals surface area contributed by atoms with Gasteiger partial charge in [0.15, 0.2) is 6.10 Å². The smallest absolute Gasteiger partial charge is 0.462 e. The lowest BCUT2D eigenvalue weighted by atomic mass is 10.0. The molecule has 3 N–H and O–H groups in total. The van der Waals surface area contributed by atoms with Gasteiger partial charge in [-0.1, -0.05) is 300 Å². The van der Waals surface area contributed by atoms with Crippen LogP contribution in [0.2, 0.25) is 0 Å². The van der Waals surface area contributed by atoms with Crippen LogP contribution < -0.4 is 5.73 Å². The van der Waals surface area contributed by atoms with Crippen molar-refractivity contribution >= 4 is 19.8 Å². The maximum Gasteiger partial charge on any atom is 0.472 e. The monoisotopic (exact) mass is 1120 g/mol. The van der Waals surface area contributed by atoms with E-state index in [1.165, 1.54) is 244 Å². The zero-order valence-corrected chi connectivity index (χ0v) is 52.3. The summed E-state index contributed by atoms with van der Waals surface area (Å²) in [5, 5.41) is 0. The molecule has 0 saturated carbocycles. The highest BCUT2D eigenvalue weighted by Gasteiger charge is 2.26. The highest BCUT2D eigenvalue weighted by molar-refractivity contribution is 7.47. The Morgan fingerprint density at radius 1 is 0.385 bits per heavy atom. The van der Waals surface area contributed by atoms with Crippen LogP contribution in [0.3, 0.4) is 0 Å². The summed E-state index contributed by atoms with van der Waals surface area (Å²) in [4.78, 5) is 35.2. The molecule has 0 heterocycles. The second kappa shape index (κ2) is 64.1. The fourth-order valence-corrected chi connectivity index (χ4v) is 10.7. The number of hydrogen-bond donors (Lipinski definition) is 2. The molecule has 0 aliphatic heterocycles. The van der Waals surface area contributed by atoms with Gasteiger partial charge in [0.05, 0.1) is 13.2 Å². The number of rotatable bonds is 64. The molecule has 2 unspecified atom stereocenters. The summed E-state index contributed by atoms with van der Waals surface area (Å²) in [5.41, 5.74) is 5.39. The third-order valence-corrected chi connectivity index (χ3v) is 15.9. The van der Waals surface area contributed by atoms with Gasteiger partial charge in [-0.3, -0.25) is 18.6 Å². The molecule has 0 aromatic carbocycles. The molecular formula is C68H128NO8P. The lowest BCUT2D eigenvalue weighted by Gasteiger charge is -2.19. The van der Waals surface area contributed by atoms with Crippen molar-refractivity contribution in [3.63, 3.8) is 0 Å². The van der Waals surface area contributed by atoms with Crippen LogP contribution in [0.4, 0.5) is 0 Å². The molecule has 0 aliphatic carbocycles. The van der Waals surface area contributed by atoms with Gasteiger partial charge in [-0.2, -0.15) is 0 Å². The predicted molar refractivity (Wildman–Crippen MR) is 335 cm³/mol. The molecule has 0 amide bonds. The summed E-state index contributed by atoms with van der Waals surface area (Å²) >= 11 is 0. The lowest BCUT2D eigenvalue weighted by Crippen LogP contribution is -2.29. The molecule has 458 valence electrons. The number of ether oxygens (including phenoxy) is 2. The van der Waals surface area contributed by atoms with E-state index < -0.39 is 26.5 Å². The minimum absolute atomic E-state index is 0.0539. The Morgan fingerprint density at radius 3 is 1.00 bits per heavy atom. The van der Waals surface area contributed by atoms with E-state index in [9.17, 15) is 19.0 Å². The summed E-state index contributed by atoms with van der Waals surface area (Å²) in [5.74, 6) is -0.822. The van der Waals surface area contributed by atoms with E-state index in [-0.39, 0.29) is 38.6 Å². The summed E-state index contributed by atoms with van der Waals surface area (Å²) in [6.07, 6.45) is 80.8. The molecule has 78 heavy (non-hydrogen) atoms. The molecule has 0 spiro atoms. The van der Waals surface area contributed by atoms with Gasteiger partial charge in [0.25, 0.3) is 0 Å². The van der Waals surface area contributed by atoms with Crippen LogP contribution in [0.5, 0.6) is 0 Å². The van der Waals surface area contributed by atoms with Crippen molar-refractivity contribution in [3.8, 4) is 0 Å². The Morgan fingerprint density at radius 2 is 0.667 bits per heavy atom. The van der Waals surface area contributed by atoms with Gasteiger partial charge in [-0.25, -0.2) is 4.57 Å². The molecule has 0 saturated heterocycles. The minimum Gasteiger partial charge on any atom is -0.462 e. The quantitative estimate of drug-likeness (QED) is 0.0264. The molecule has 0 aliphatic rings. The Balaban J connectivity index is 3.74. The van der Waals surface area contributed by atoms with E-state index >= 15 is 0 Å². The van der Waals surface area contributed by atoms with E-state index in [1.807, 2.05) is 0 Å². The fourth-order valence-electron chi connectivity index (χ4n) is 9.94. The van der Waals surface area contributed by atoms with Crippen molar-refractivity contribution in [2.75, 3.05) is 26.4 Å². The number of esters is 2. The Labute approximate surface area is 483 Å². The number of hydrogen-bond acceptors (Lipinski definition) is 8. The largest absolute Gasteiger partial charge is 0.472 e. The lowest BCUT2D eigenvalue weighted by molar-refractivity contribution is -0.161. The highest BCUT2D eigenvalue weighted by Crippen LogP contribution is 2.43. The zero-order chi connectivity index (χ0) is 56.6. The Kier molecular flexibility index (Phi) is 62.5. The van der Waals surface area contributed by atoms with E-state index in [0.717, 1.165) is 64.2 Å². The molecule has 0 radical (unpaired) electrons. The summed E-state index contributed by atoms with van der Waals surface area (Å²) < 4.78 is 33.1. The fraction of sp³-hybridized carbons (Fsp3) is 0.853. The normalized spacial score (nSPS) is 13.2. The molecule has 10 heteroatoms. The topological polar surface area (TPSA) is 134 Å². The molecule has 2 atom stereocenters. The number of phosphoric acid groups is 1. The molecule has 0 aromatic heterocycles. The average Bonchev–Trinajstić information content (AvgIpc) is 3.43. The van der Waals surface area contributed by atoms with Gasteiger partial charge in [-0.15, -0.1) is 0 Å². The first-order valence-corrected chi connectivity index (χ1v) is 35.1. The van der Waals surface area contributed by atoms with Crippen molar-refractivity contribution in [3.05, 3.63) is 48.6 Å². The number of unbranched alkanes of at least 4 members (excludes halogenated alkanes) is 43. The number of carbonyl (C=O) groups excluding carboxylic acids is 2. The van der Waals surface area contributed by atoms with E-state index in [0.29, 0.717) is 6.42 Å². The third-order valence-electron chi connectivity index (χ3n) is 14.9. The van der Waals surface area contributed by atoms with Crippen molar-refractivity contribution < 1.29 is 37.6 Å². The summed E-state index contributed by atoms with van der Waals surface area (Å²) in [7, 11) is -4.39. The number of phosphoric ester groups is 1. The molecule has 0 rings (SSSR count). The maximum atomic E-state index is 12.7. The van der Waals surface area contributed by atoms with Gasteiger partial charge in [0.1, 0.15) is 6.61 Å². The second-order valence-electron chi connectivity index (χ2n) is 22.7. The maximum absolute atomic E-state index is 12.7. The zero-order valence-electron chi connectivity index (χ0n) is 51.4. The first-order chi connectivity index (χ1) is 38.3. The third kappa shape index (κ3) is 63.2. The van der Waals surface area contributed by atoms with Crippen LogP contribution in [0.25, 0.3) is 0 Å². The summed E-state index contributed by atoms with van der Waals surface area (Å²) in [6, 6.07) is 0.